The summed E-state index contributed by atoms with van der Waals surface area (Å²) >= 11 is 0. The summed E-state index contributed by atoms with van der Waals surface area (Å²) in [5.74, 6) is 3.09. The minimum atomic E-state index is -0.982. The number of nitrogens with zero attached hydrogens (tertiary/aromatic N) is 2. The van der Waals surface area contributed by atoms with Crippen LogP contribution in [0.25, 0.3) is 0 Å². The fourth-order valence-electron chi connectivity index (χ4n) is 9.45. The van der Waals surface area contributed by atoms with Crippen LogP contribution in [0.15, 0.2) is 84.9 Å². The van der Waals surface area contributed by atoms with Crippen LogP contribution in [0.2, 0.25) is 0 Å². The van der Waals surface area contributed by atoms with Crippen molar-refractivity contribution in [3.8, 4) is 34.5 Å². The van der Waals surface area contributed by atoms with E-state index in [0.29, 0.717) is 54.7 Å². The van der Waals surface area contributed by atoms with Crippen LogP contribution in [0, 0.1) is 0 Å². The number of para-hydroxylation sites is 2. The van der Waals surface area contributed by atoms with E-state index in [0.717, 1.165) is 61.2 Å². The van der Waals surface area contributed by atoms with Crippen molar-refractivity contribution >= 4 is 18.0 Å². The van der Waals surface area contributed by atoms with Gasteiger partial charge in [0.05, 0.1) is 45.2 Å². The molecule has 4 aromatic rings. The van der Waals surface area contributed by atoms with E-state index in [1.165, 1.54) is 19.2 Å². The standard InChI is InChI=1S/C25H31NO5.C19H27NO4.C11H14O4/c1-17(2)30-22-9-8-18(14-23(22)29-3)24(28)26-12-10-25(11-13-26)15-19(16-27)20-6-4-5-7-21(20)31-25;1-18(2,3)24-17(22)20-10-8-19(9-11-20)12-14(13-21)15-6-4-5-7-16(15)23-19;1-7(2)15-9-5-4-8(11(12)13)6-10(9)14-3/h4-9,14,17,19,27H,10-13,15-16H2,1-3H3;4-7,14,21H,8-13H2,1-3H3;4-7H,1-3H3,(H,12,13). The summed E-state index contributed by atoms with van der Waals surface area (Å²) in [6, 6.07) is 25.8. The molecule has 8 rings (SSSR count). The number of carbonyl (C=O) groups is 3. The molecule has 0 bridgehead atoms. The largest absolute Gasteiger partial charge is 0.493 e. The zero-order valence-electron chi connectivity index (χ0n) is 42.2. The Labute approximate surface area is 412 Å². The molecule has 0 saturated carbocycles. The number of carbonyl (C=O) groups excluding carboxylic acids is 2. The highest BCUT2D eigenvalue weighted by Gasteiger charge is 2.45. The molecule has 0 radical (unpaired) electrons. The Kier molecular flexibility index (Phi) is 17.6. The Morgan fingerprint density at radius 3 is 1.44 bits per heavy atom. The van der Waals surface area contributed by atoms with Crippen LogP contribution in [-0.2, 0) is 4.74 Å². The second-order valence-electron chi connectivity index (χ2n) is 19.9. The molecule has 15 heteroatoms. The molecule has 15 nitrogen and oxygen atoms in total. The molecule has 2 saturated heterocycles. The monoisotopic (exact) mass is 969 g/mol. The van der Waals surface area contributed by atoms with Gasteiger partial charge in [-0.25, -0.2) is 9.59 Å². The fourth-order valence-corrected chi connectivity index (χ4v) is 9.45. The normalized spacial score (nSPS) is 18.6. The second-order valence-corrected chi connectivity index (χ2v) is 19.9. The van der Waals surface area contributed by atoms with Crippen molar-refractivity contribution in [1.29, 1.82) is 0 Å². The number of benzene rings is 4. The predicted molar refractivity (Wildman–Crippen MR) is 265 cm³/mol. The number of likely N-dealkylation sites (tertiary alicyclic amines) is 2. The van der Waals surface area contributed by atoms with E-state index < -0.39 is 11.6 Å². The van der Waals surface area contributed by atoms with Crippen LogP contribution in [-0.4, -0.2) is 126 Å². The number of aliphatic hydroxyl groups excluding tert-OH is 2. The van der Waals surface area contributed by atoms with Crippen molar-refractivity contribution in [1.82, 2.24) is 9.80 Å². The third-order valence-electron chi connectivity index (χ3n) is 12.9. The van der Waals surface area contributed by atoms with Crippen molar-refractivity contribution < 1.29 is 62.9 Å². The molecule has 4 aliphatic rings. The Morgan fingerprint density at radius 1 is 0.629 bits per heavy atom. The number of methoxy groups -OCH3 is 2. The molecule has 380 valence electrons. The second kappa shape index (κ2) is 23.2. The molecule has 4 aliphatic heterocycles. The van der Waals surface area contributed by atoms with E-state index in [-0.39, 0.29) is 66.0 Å². The van der Waals surface area contributed by atoms with Gasteiger partial charge in [0.15, 0.2) is 23.0 Å². The number of ether oxygens (including phenoxy) is 7. The lowest BCUT2D eigenvalue weighted by Crippen LogP contribution is -2.52. The van der Waals surface area contributed by atoms with Crippen LogP contribution in [0.5, 0.6) is 34.5 Å². The van der Waals surface area contributed by atoms with E-state index in [2.05, 4.69) is 0 Å². The maximum atomic E-state index is 13.1. The first kappa shape index (κ1) is 53.2. The minimum absolute atomic E-state index is 0.0147. The number of hydrogen-bond donors (Lipinski definition) is 3. The molecule has 4 heterocycles. The zero-order valence-corrected chi connectivity index (χ0v) is 42.2. The average molecular weight is 969 g/mol. The Morgan fingerprint density at radius 2 is 1.04 bits per heavy atom. The zero-order chi connectivity index (χ0) is 50.8. The number of fused-ring (bicyclic) bond motifs is 2. The van der Waals surface area contributed by atoms with Crippen molar-refractivity contribution in [3.05, 3.63) is 107 Å². The quantitative estimate of drug-likeness (QED) is 0.137. The van der Waals surface area contributed by atoms with Crippen LogP contribution in [0.1, 0.15) is 131 Å². The molecular weight excluding hydrogens is 897 g/mol. The predicted octanol–water partition coefficient (Wildman–Crippen LogP) is 9.51. The van der Waals surface area contributed by atoms with Crippen molar-refractivity contribution in [2.75, 3.05) is 53.6 Å². The molecule has 2 unspecified atom stereocenters. The summed E-state index contributed by atoms with van der Waals surface area (Å²) < 4.78 is 39.9. The summed E-state index contributed by atoms with van der Waals surface area (Å²) in [7, 11) is 3.06. The Hall–Kier alpha value is -6.19. The Balaban J connectivity index is 0.000000183. The van der Waals surface area contributed by atoms with Gasteiger partial charge in [-0.3, -0.25) is 4.79 Å². The van der Waals surface area contributed by atoms with Gasteiger partial charge in [-0.2, -0.15) is 0 Å². The smallest absolute Gasteiger partial charge is 0.410 e. The van der Waals surface area contributed by atoms with Gasteiger partial charge in [-0.05, 0) is 121 Å². The number of hydrogen-bond acceptors (Lipinski definition) is 12. The molecule has 2 amide bonds. The van der Waals surface area contributed by atoms with Crippen LogP contribution >= 0.6 is 0 Å². The number of carboxylic acids is 1. The minimum Gasteiger partial charge on any atom is -0.493 e. The topological polar surface area (TPSA) is 183 Å². The maximum absolute atomic E-state index is 13.1. The van der Waals surface area contributed by atoms with E-state index in [4.69, 9.17) is 38.3 Å². The molecule has 0 aliphatic carbocycles. The maximum Gasteiger partial charge on any atom is 0.410 e. The van der Waals surface area contributed by atoms with Gasteiger partial charge in [-0.1, -0.05) is 36.4 Å². The summed E-state index contributed by atoms with van der Waals surface area (Å²) in [5.41, 5.74) is 1.83. The Bertz CT molecular complexity index is 2400. The average Bonchev–Trinajstić information content (AvgIpc) is 3.33. The van der Waals surface area contributed by atoms with E-state index in [1.807, 2.05) is 102 Å². The SMILES string of the molecule is CC(C)(C)OC(=O)N1CCC2(CC1)CC(CO)c1ccccc1O2.COc1cc(C(=O)N2CCC3(CC2)CC(CO)c2ccccc2O3)ccc1OC(C)C.COc1cc(C(=O)O)ccc1OC(C)C. The molecular formula is C55H72N2O13. The third kappa shape index (κ3) is 13.4. The first-order valence-electron chi connectivity index (χ1n) is 24.3. The number of amides is 2. The van der Waals surface area contributed by atoms with Crippen molar-refractivity contribution in [3.63, 3.8) is 0 Å². The van der Waals surface area contributed by atoms with Crippen LogP contribution < -0.4 is 28.4 Å². The van der Waals surface area contributed by atoms with Gasteiger partial charge in [0.1, 0.15) is 28.3 Å². The number of aromatic carboxylic acids is 1. The number of rotatable bonds is 10. The number of aliphatic hydroxyl groups is 2. The lowest BCUT2D eigenvalue weighted by Gasteiger charge is -2.46. The van der Waals surface area contributed by atoms with Gasteiger partial charge in [0, 0.05) is 69.3 Å². The van der Waals surface area contributed by atoms with Crippen molar-refractivity contribution in [2.24, 2.45) is 0 Å². The summed E-state index contributed by atoms with van der Waals surface area (Å²) in [4.78, 5) is 39.7. The third-order valence-corrected chi connectivity index (χ3v) is 12.9. The fraction of sp³-hybridized carbons (Fsp3) is 0.509. The first-order chi connectivity index (χ1) is 33.3. The number of carboxylic acid groups (broad SMARTS) is 1. The summed E-state index contributed by atoms with van der Waals surface area (Å²) in [6.45, 7) is 16.0. The van der Waals surface area contributed by atoms with Crippen molar-refractivity contribution in [2.45, 2.75) is 128 Å². The van der Waals surface area contributed by atoms with Gasteiger partial charge in [0.2, 0.25) is 0 Å². The summed E-state index contributed by atoms with van der Waals surface area (Å²) in [5, 5.41) is 28.5. The number of piperidine rings is 2. The van der Waals surface area contributed by atoms with Crippen LogP contribution in [0.3, 0.4) is 0 Å². The van der Waals surface area contributed by atoms with Gasteiger partial charge in [0.25, 0.3) is 5.91 Å². The highest BCUT2D eigenvalue weighted by atomic mass is 16.6. The van der Waals surface area contributed by atoms with Gasteiger partial charge >= 0.3 is 12.1 Å². The molecule has 2 fully saturated rings. The van der Waals surface area contributed by atoms with E-state index in [9.17, 15) is 24.6 Å². The lowest BCUT2D eigenvalue weighted by molar-refractivity contribution is -0.0359. The molecule has 2 spiro atoms. The molecule has 70 heavy (non-hydrogen) atoms. The molecule has 4 aromatic carbocycles. The first-order valence-corrected chi connectivity index (χ1v) is 24.3. The molecule has 0 aromatic heterocycles. The highest BCUT2D eigenvalue weighted by Crippen LogP contribution is 2.47. The van der Waals surface area contributed by atoms with Gasteiger partial charge < -0.3 is 58.3 Å². The highest BCUT2D eigenvalue weighted by molar-refractivity contribution is 5.95. The van der Waals surface area contributed by atoms with Gasteiger partial charge in [-0.15, -0.1) is 0 Å². The van der Waals surface area contributed by atoms with Crippen LogP contribution in [0.4, 0.5) is 4.79 Å². The van der Waals surface area contributed by atoms with E-state index >= 15 is 0 Å². The summed E-state index contributed by atoms with van der Waals surface area (Å²) in [6.07, 6.45) is 4.37. The molecule has 3 N–H and O–H groups in total. The lowest BCUT2D eigenvalue weighted by atomic mass is 9.77. The molecule has 2 atom stereocenters. The van der Waals surface area contributed by atoms with E-state index in [1.54, 1.807) is 36.3 Å².